The van der Waals surface area contributed by atoms with Gasteiger partial charge in [-0.3, -0.25) is 0 Å². The number of carbonyl (C=O) groups is 2. The van der Waals surface area contributed by atoms with Crippen LogP contribution in [0.3, 0.4) is 0 Å². The Balaban J connectivity index is 1.22. The van der Waals surface area contributed by atoms with E-state index in [2.05, 4.69) is 15.2 Å². The second-order valence-corrected chi connectivity index (χ2v) is 9.51. The van der Waals surface area contributed by atoms with Crippen LogP contribution in [0, 0.1) is 0 Å². The van der Waals surface area contributed by atoms with E-state index >= 15 is 0 Å². The average molecular weight is 546 g/mol. The minimum atomic E-state index is -4.85. The largest absolute Gasteiger partial charge is 0.573 e. The van der Waals surface area contributed by atoms with Crippen molar-refractivity contribution in [2.24, 2.45) is 0 Å². The highest BCUT2D eigenvalue weighted by Crippen LogP contribution is 2.45. The second kappa shape index (κ2) is 11.0. The molecule has 1 saturated heterocycles. The Morgan fingerprint density at radius 3 is 2.51 bits per heavy atom. The molecule has 0 radical (unpaired) electrons. The third-order valence-electron chi connectivity index (χ3n) is 6.69. The SMILES string of the molecule is O=C(O)c1cccc(NC(=O)N2CCC(OCc3c(-c4ccccc4OC(F)(F)F)noc3C3CC3)CC2)c1. The topological polar surface area (TPSA) is 114 Å². The lowest BCUT2D eigenvalue weighted by atomic mass is 10.0. The second-order valence-electron chi connectivity index (χ2n) is 9.51. The van der Waals surface area contributed by atoms with Crippen LogP contribution in [0.25, 0.3) is 11.3 Å². The molecule has 39 heavy (non-hydrogen) atoms. The number of aromatic nitrogens is 1. The minimum Gasteiger partial charge on any atom is -0.478 e. The maximum absolute atomic E-state index is 13.0. The van der Waals surface area contributed by atoms with Gasteiger partial charge in [-0.05, 0) is 56.0 Å². The molecular formula is C27H26F3N3O6. The molecule has 2 heterocycles. The van der Waals surface area contributed by atoms with Crippen molar-refractivity contribution in [3.63, 3.8) is 0 Å². The number of piperidine rings is 1. The van der Waals surface area contributed by atoms with E-state index in [9.17, 15) is 22.8 Å². The number of carbonyl (C=O) groups excluding carboxylic acids is 1. The number of hydrogen-bond acceptors (Lipinski definition) is 6. The normalized spacial score (nSPS) is 16.2. The predicted molar refractivity (Wildman–Crippen MR) is 132 cm³/mol. The number of alkyl halides is 3. The first-order valence-electron chi connectivity index (χ1n) is 12.5. The van der Waals surface area contributed by atoms with Crippen LogP contribution in [0.1, 0.15) is 53.3 Å². The number of carboxylic acid groups (broad SMARTS) is 1. The number of carboxylic acids is 1. The molecule has 206 valence electrons. The van der Waals surface area contributed by atoms with Crippen LogP contribution in [0.4, 0.5) is 23.7 Å². The standard InChI is InChI=1S/C27H26F3N3O6/c28-27(29,30)38-22-7-2-1-6-20(22)23-21(24(39-32-23)16-8-9-16)15-37-19-10-12-33(13-11-19)26(36)31-18-5-3-4-17(14-18)25(34)35/h1-7,14,16,19H,8-13,15H2,(H,31,36)(H,34,35). The van der Waals surface area contributed by atoms with Crippen molar-refractivity contribution in [2.45, 2.75) is 50.7 Å². The first-order valence-corrected chi connectivity index (χ1v) is 12.5. The Kier molecular flexibility index (Phi) is 7.47. The summed E-state index contributed by atoms with van der Waals surface area (Å²) in [6.45, 7) is 0.941. The van der Waals surface area contributed by atoms with Crippen LogP contribution < -0.4 is 10.1 Å². The zero-order valence-corrected chi connectivity index (χ0v) is 20.7. The molecule has 1 aliphatic heterocycles. The number of nitrogens with zero attached hydrogens (tertiary/aromatic N) is 2. The van der Waals surface area contributed by atoms with Crippen LogP contribution in [0.2, 0.25) is 0 Å². The van der Waals surface area contributed by atoms with Crippen LogP contribution >= 0.6 is 0 Å². The summed E-state index contributed by atoms with van der Waals surface area (Å²) < 4.78 is 54.9. The summed E-state index contributed by atoms with van der Waals surface area (Å²) in [6, 6.07) is 11.5. The van der Waals surface area contributed by atoms with E-state index in [-0.39, 0.29) is 47.2 Å². The summed E-state index contributed by atoms with van der Waals surface area (Å²) in [5.74, 6) is -0.672. The number of rotatable bonds is 8. The fourth-order valence-corrected chi connectivity index (χ4v) is 4.57. The molecule has 0 spiro atoms. The Bertz CT molecular complexity index is 1350. The minimum absolute atomic E-state index is 0.0752. The van der Waals surface area contributed by atoms with Gasteiger partial charge in [0.05, 0.1) is 18.3 Å². The smallest absolute Gasteiger partial charge is 0.478 e. The highest BCUT2D eigenvalue weighted by atomic mass is 19.4. The van der Waals surface area contributed by atoms with Gasteiger partial charge in [0.2, 0.25) is 0 Å². The fourth-order valence-electron chi connectivity index (χ4n) is 4.57. The van der Waals surface area contributed by atoms with Crippen LogP contribution in [0.15, 0.2) is 53.1 Å². The molecule has 5 rings (SSSR count). The van der Waals surface area contributed by atoms with Gasteiger partial charge in [0.25, 0.3) is 0 Å². The summed E-state index contributed by atoms with van der Waals surface area (Å²) >= 11 is 0. The zero-order valence-electron chi connectivity index (χ0n) is 20.7. The Morgan fingerprint density at radius 2 is 1.82 bits per heavy atom. The Hall–Kier alpha value is -4.06. The lowest BCUT2D eigenvalue weighted by Crippen LogP contribution is -2.43. The highest BCUT2D eigenvalue weighted by molar-refractivity contribution is 5.93. The number of ether oxygens (including phenoxy) is 2. The molecule has 2 N–H and O–H groups in total. The van der Waals surface area contributed by atoms with Crippen molar-refractivity contribution in [3.8, 4) is 17.0 Å². The lowest BCUT2D eigenvalue weighted by Gasteiger charge is -2.32. The third-order valence-corrected chi connectivity index (χ3v) is 6.69. The van der Waals surface area contributed by atoms with E-state index < -0.39 is 12.3 Å². The van der Waals surface area contributed by atoms with E-state index in [4.69, 9.17) is 14.4 Å². The summed E-state index contributed by atoms with van der Waals surface area (Å²) in [7, 11) is 0. The molecule has 1 aromatic heterocycles. The number of benzene rings is 2. The van der Waals surface area contributed by atoms with Gasteiger partial charge in [0.15, 0.2) is 0 Å². The lowest BCUT2D eigenvalue weighted by molar-refractivity contribution is -0.274. The number of urea groups is 1. The van der Waals surface area contributed by atoms with Crippen molar-refractivity contribution in [3.05, 3.63) is 65.4 Å². The molecule has 2 aliphatic rings. The maximum atomic E-state index is 13.0. The van der Waals surface area contributed by atoms with Gasteiger partial charge in [0.1, 0.15) is 17.2 Å². The van der Waals surface area contributed by atoms with Gasteiger partial charge in [-0.1, -0.05) is 23.4 Å². The highest BCUT2D eigenvalue weighted by Gasteiger charge is 2.36. The quantitative estimate of drug-likeness (QED) is 0.355. The van der Waals surface area contributed by atoms with Crippen molar-refractivity contribution >= 4 is 17.7 Å². The monoisotopic (exact) mass is 545 g/mol. The van der Waals surface area contributed by atoms with Crippen molar-refractivity contribution in [1.29, 1.82) is 0 Å². The summed E-state index contributed by atoms with van der Waals surface area (Å²) in [5, 5.41) is 15.9. The van der Waals surface area contributed by atoms with Gasteiger partial charge < -0.3 is 29.3 Å². The first kappa shape index (κ1) is 26.5. The number of hydrogen-bond donors (Lipinski definition) is 2. The van der Waals surface area contributed by atoms with Crippen LogP contribution in [-0.4, -0.2) is 52.7 Å². The summed E-state index contributed by atoms with van der Waals surface area (Å²) in [6.07, 6.45) is -2.11. The maximum Gasteiger partial charge on any atom is 0.573 e. The predicted octanol–water partition coefficient (Wildman–Crippen LogP) is 6.03. The number of anilines is 1. The van der Waals surface area contributed by atoms with Gasteiger partial charge in [-0.15, -0.1) is 13.2 Å². The number of halogens is 3. The zero-order chi connectivity index (χ0) is 27.6. The molecule has 0 atom stereocenters. The molecule has 2 amide bonds. The average Bonchev–Trinajstić information content (AvgIpc) is 3.66. The Labute approximate surface area is 221 Å². The van der Waals surface area contributed by atoms with Crippen molar-refractivity contribution < 1.29 is 41.9 Å². The molecule has 0 unspecified atom stereocenters. The molecule has 1 saturated carbocycles. The van der Waals surface area contributed by atoms with Gasteiger partial charge >= 0.3 is 18.4 Å². The molecule has 9 nitrogen and oxygen atoms in total. The molecule has 0 bridgehead atoms. The number of aromatic carboxylic acids is 1. The number of para-hydroxylation sites is 1. The van der Waals surface area contributed by atoms with Crippen molar-refractivity contribution in [1.82, 2.24) is 10.1 Å². The first-order chi connectivity index (χ1) is 18.7. The van der Waals surface area contributed by atoms with E-state index in [1.54, 1.807) is 23.1 Å². The number of amides is 2. The van der Waals surface area contributed by atoms with Gasteiger partial charge in [-0.2, -0.15) is 0 Å². The summed E-state index contributed by atoms with van der Waals surface area (Å²) in [5.41, 5.74) is 1.50. The van der Waals surface area contributed by atoms with Crippen molar-refractivity contribution in [2.75, 3.05) is 18.4 Å². The molecular weight excluding hydrogens is 519 g/mol. The number of nitrogens with one attached hydrogen (secondary N) is 1. The molecule has 12 heteroatoms. The molecule has 3 aromatic rings. The third kappa shape index (κ3) is 6.51. The summed E-state index contributed by atoms with van der Waals surface area (Å²) in [4.78, 5) is 25.5. The van der Waals surface area contributed by atoms with Gasteiger partial charge in [-0.25, -0.2) is 9.59 Å². The van der Waals surface area contributed by atoms with Crippen LogP contribution in [0.5, 0.6) is 5.75 Å². The van der Waals surface area contributed by atoms with E-state index in [1.165, 1.54) is 30.3 Å². The van der Waals surface area contributed by atoms with E-state index in [0.717, 1.165) is 12.8 Å². The molecule has 2 aromatic carbocycles. The fraction of sp³-hybridized carbons (Fsp3) is 0.370. The van der Waals surface area contributed by atoms with Crippen LogP contribution in [-0.2, 0) is 11.3 Å². The molecule has 2 fully saturated rings. The van der Waals surface area contributed by atoms with E-state index in [1.807, 2.05) is 0 Å². The van der Waals surface area contributed by atoms with Gasteiger partial charge in [0, 0.05) is 35.8 Å². The number of likely N-dealkylation sites (tertiary alicyclic amines) is 1. The molecule has 1 aliphatic carbocycles. The van der Waals surface area contributed by atoms with E-state index in [0.29, 0.717) is 42.9 Å². The Morgan fingerprint density at radius 1 is 1.08 bits per heavy atom.